The lowest BCUT2D eigenvalue weighted by Gasteiger charge is -2.14. The van der Waals surface area contributed by atoms with Crippen LogP contribution in [0, 0.1) is 11.3 Å². The lowest BCUT2D eigenvalue weighted by Crippen LogP contribution is -2.33. The molecule has 0 radical (unpaired) electrons. The average molecular weight is 252 g/mol. The molecule has 0 fully saturated rings. The number of sulfonamides is 1. The van der Waals surface area contributed by atoms with E-state index in [0.717, 1.165) is 12.8 Å². The maximum absolute atomic E-state index is 12.0. The highest BCUT2D eigenvalue weighted by Crippen LogP contribution is 2.12. The minimum Gasteiger partial charge on any atom is -0.208 e. The SMILES string of the molecule is CCC(CC)NS(=O)(=O)c1ccc(C#N)cc1. The van der Waals surface area contributed by atoms with Crippen LogP contribution in [0.2, 0.25) is 0 Å². The van der Waals surface area contributed by atoms with Gasteiger partial charge in [-0.15, -0.1) is 0 Å². The number of hydrogen-bond acceptors (Lipinski definition) is 3. The van der Waals surface area contributed by atoms with Crippen molar-refractivity contribution < 1.29 is 8.42 Å². The number of benzene rings is 1. The van der Waals surface area contributed by atoms with Crippen LogP contribution in [0.15, 0.2) is 29.2 Å². The molecular weight excluding hydrogens is 236 g/mol. The molecular formula is C12H16N2O2S. The smallest absolute Gasteiger partial charge is 0.208 e. The first kappa shape index (κ1) is 13.7. The highest BCUT2D eigenvalue weighted by atomic mass is 32.2. The Hall–Kier alpha value is -1.38. The van der Waals surface area contributed by atoms with E-state index in [4.69, 9.17) is 5.26 Å². The molecule has 0 spiro atoms. The Balaban J connectivity index is 2.93. The molecule has 0 aliphatic carbocycles. The Morgan fingerprint density at radius 1 is 1.24 bits per heavy atom. The quantitative estimate of drug-likeness (QED) is 0.871. The summed E-state index contributed by atoms with van der Waals surface area (Å²) in [4.78, 5) is 0.198. The van der Waals surface area contributed by atoms with E-state index in [1.807, 2.05) is 19.9 Å². The van der Waals surface area contributed by atoms with Gasteiger partial charge in [0.05, 0.1) is 16.5 Å². The molecule has 0 aromatic heterocycles. The second kappa shape index (κ2) is 5.80. The van der Waals surface area contributed by atoms with Crippen molar-refractivity contribution in [2.24, 2.45) is 0 Å². The molecule has 0 aliphatic rings. The maximum Gasteiger partial charge on any atom is 0.240 e. The third-order valence-electron chi connectivity index (χ3n) is 2.60. The Morgan fingerprint density at radius 3 is 2.18 bits per heavy atom. The normalized spacial score (nSPS) is 11.4. The van der Waals surface area contributed by atoms with Gasteiger partial charge >= 0.3 is 0 Å². The lowest BCUT2D eigenvalue weighted by atomic mass is 10.2. The van der Waals surface area contributed by atoms with Crippen LogP contribution < -0.4 is 4.72 Å². The van der Waals surface area contributed by atoms with Crippen molar-refractivity contribution >= 4 is 10.0 Å². The summed E-state index contributed by atoms with van der Waals surface area (Å²) in [6.45, 7) is 3.88. The van der Waals surface area contributed by atoms with Crippen molar-refractivity contribution in [2.45, 2.75) is 37.6 Å². The fraction of sp³-hybridized carbons (Fsp3) is 0.417. The first-order chi connectivity index (χ1) is 8.03. The van der Waals surface area contributed by atoms with E-state index in [9.17, 15) is 8.42 Å². The van der Waals surface area contributed by atoms with E-state index in [1.165, 1.54) is 24.3 Å². The van der Waals surface area contributed by atoms with Crippen LogP contribution in [0.4, 0.5) is 0 Å². The van der Waals surface area contributed by atoms with Crippen molar-refractivity contribution in [1.82, 2.24) is 4.72 Å². The van der Waals surface area contributed by atoms with Crippen molar-refractivity contribution in [3.63, 3.8) is 0 Å². The van der Waals surface area contributed by atoms with Crippen LogP contribution in [-0.2, 0) is 10.0 Å². The van der Waals surface area contributed by atoms with Gasteiger partial charge in [0.1, 0.15) is 0 Å². The Bertz CT molecular complexity index is 496. The fourth-order valence-electron chi connectivity index (χ4n) is 1.45. The average Bonchev–Trinajstić information content (AvgIpc) is 2.36. The molecule has 0 unspecified atom stereocenters. The fourth-order valence-corrected chi connectivity index (χ4v) is 2.85. The van der Waals surface area contributed by atoms with Gasteiger partial charge in [-0.05, 0) is 37.1 Å². The van der Waals surface area contributed by atoms with Gasteiger partial charge in [0.2, 0.25) is 10.0 Å². The van der Waals surface area contributed by atoms with Crippen LogP contribution in [0.5, 0.6) is 0 Å². The highest BCUT2D eigenvalue weighted by Gasteiger charge is 2.17. The molecule has 92 valence electrons. The molecule has 0 amide bonds. The zero-order valence-corrected chi connectivity index (χ0v) is 10.8. The van der Waals surface area contributed by atoms with Crippen LogP contribution in [0.3, 0.4) is 0 Å². The molecule has 1 aromatic carbocycles. The maximum atomic E-state index is 12.0. The van der Waals surface area contributed by atoms with Gasteiger partial charge in [0, 0.05) is 6.04 Å². The van der Waals surface area contributed by atoms with E-state index in [0.29, 0.717) is 5.56 Å². The number of nitrogens with one attached hydrogen (secondary N) is 1. The van der Waals surface area contributed by atoms with Crippen LogP contribution in [-0.4, -0.2) is 14.5 Å². The zero-order chi connectivity index (χ0) is 12.9. The van der Waals surface area contributed by atoms with Crippen LogP contribution >= 0.6 is 0 Å². The second-order valence-electron chi connectivity index (χ2n) is 3.77. The van der Waals surface area contributed by atoms with Crippen LogP contribution in [0.25, 0.3) is 0 Å². The summed E-state index contributed by atoms with van der Waals surface area (Å²) in [6, 6.07) is 7.81. The zero-order valence-electron chi connectivity index (χ0n) is 9.97. The minimum atomic E-state index is -3.47. The largest absolute Gasteiger partial charge is 0.240 e. The van der Waals surface area contributed by atoms with Crippen molar-refractivity contribution in [3.8, 4) is 6.07 Å². The number of hydrogen-bond donors (Lipinski definition) is 1. The molecule has 1 aromatic rings. The second-order valence-corrected chi connectivity index (χ2v) is 5.48. The molecule has 4 nitrogen and oxygen atoms in total. The van der Waals surface area contributed by atoms with Gasteiger partial charge in [0.15, 0.2) is 0 Å². The molecule has 0 aliphatic heterocycles. The van der Waals surface area contributed by atoms with E-state index < -0.39 is 10.0 Å². The van der Waals surface area contributed by atoms with Crippen LogP contribution in [0.1, 0.15) is 32.3 Å². The lowest BCUT2D eigenvalue weighted by molar-refractivity contribution is 0.530. The van der Waals surface area contributed by atoms with Crippen molar-refractivity contribution in [1.29, 1.82) is 5.26 Å². The monoisotopic (exact) mass is 252 g/mol. The Kier molecular flexibility index (Phi) is 4.67. The van der Waals surface area contributed by atoms with E-state index in [2.05, 4.69) is 4.72 Å². The summed E-state index contributed by atoms with van der Waals surface area (Å²) in [5.41, 5.74) is 0.450. The summed E-state index contributed by atoms with van der Waals surface area (Å²) in [5, 5.41) is 8.64. The summed E-state index contributed by atoms with van der Waals surface area (Å²) in [5.74, 6) is 0. The third-order valence-corrected chi connectivity index (χ3v) is 4.14. The van der Waals surface area contributed by atoms with Crippen molar-refractivity contribution in [2.75, 3.05) is 0 Å². The molecule has 17 heavy (non-hydrogen) atoms. The van der Waals surface area contributed by atoms with E-state index in [1.54, 1.807) is 0 Å². The Labute approximate surface area is 102 Å². The standard InChI is InChI=1S/C12H16N2O2S/c1-3-11(4-2)14-17(15,16)12-7-5-10(9-13)6-8-12/h5-8,11,14H,3-4H2,1-2H3. The number of nitrogens with zero attached hydrogens (tertiary/aromatic N) is 1. The molecule has 0 atom stereocenters. The summed E-state index contributed by atoms with van der Waals surface area (Å²) < 4.78 is 26.6. The molecule has 0 saturated heterocycles. The first-order valence-electron chi connectivity index (χ1n) is 5.56. The highest BCUT2D eigenvalue weighted by molar-refractivity contribution is 7.89. The number of rotatable bonds is 5. The number of nitriles is 1. The van der Waals surface area contributed by atoms with E-state index >= 15 is 0 Å². The topological polar surface area (TPSA) is 70.0 Å². The Morgan fingerprint density at radius 2 is 1.76 bits per heavy atom. The van der Waals surface area contributed by atoms with Gasteiger partial charge in [0.25, 0.3) is 0 Å². The summed E-state index contributed by atoms with van der Waals surface area (Å²) in [6.07, 6.45) is 1.51. The predicted molar refractivity (Wildman–Crippen MR) is 65.8 cm³/mol. The van der Waals surface area contributed by atoms with E-state index in [-0.39, 0.29) is 10.9 Å². The summed E-state index contributed by atoms with van der Waals surface area (Å²) in [7, 11) is -3.47. The predicted octanol–water partition coefficient (Wildman–Crippen LogP) is 2.03. The van der Waals surface area contributed by atoms with Crippen molar-refractivity contribution in [3.05, 3.63) is 29.8 Å². The van der Waals surface area contributed by atoms with Gasteiger partial charge < -0.3 is 0 Å². The molecule has 0 bridgehead atoms. The minimum absolute atomic E-state index is 0.0457. The third kappa shape index (κ3) is 3.55. The molecule has 0 heterocycles. The van der Waals surface area contributed by atoms with Gasteiger partial charge in [-0.1, -0.05) is 13.8 Å². The summed E-state index contributed by atoms with van der Waals surface area (Å²) >= 11 is 0. The van der Waals surface area contributed by atoms with Gasteiger partial charge in [-0.25, -0.2) is 13.1 Å². The molecule has 1 rings (SSSR count). The van der Waals surface area contributed by atoms with Gasteiger partial charge in [-0.3, -0.25) is 0 Å². The molecule has 5 heteroatoms. The van der Waals surface area contributed by atoms with Gasteiger partial charge in [-0.2, -0.15) is 5.26 Å². The molecule has 0 saturated carbocycles. The molecule has 1 N–H and O–H groups in total. The first-order valence-corrected chi connectivity index (χ1v) is 7.04.